The molecule has 1 aromatic heterocycles. The van der Waals surface area contributed by atoms with Gasteiger partial charge in [0.15, 0.2) is 11.6 Å². The Labute approximate surface area is 132 Å². The number of methoxy groups -OCH3 is 2. The van der Waals surface area contributed by atoms with Crippen molar-refractivity contribution in [1.29, 1.82) is 0 Å². The first-order chi connectivity index (χ1) is 11.0. The molecule has 0 saturated heterocycles. The van der Waals surface area contributed by atoms with Crippen LogP contribution in [-0.4, -0.2) is 36.5 Å². The number of hydrogen-bond acceptors (Lipinski definition) is 4. The summed E-state index contributed by atoms with van der Waals surface area (Å²) in [6.07, 6.45) is 1.56. The van der Waals surface area contributed by atoms with Crippen molar-refractivity contribution in [2.75, 3.05) is 20.8 Å². The molecule has 0 radical (unpaired) electrons. The second-order valence-corrected chi connectivity index (χ2v) is 4.80. The summed E-state index contributed by atoms with van der Waals surface area (Å²) >= 11 is 0. The minimum Gasteiger partial charge on any atom is -0.496 e. The van der Waals surface area contributed by atoms with E-state index in [9.17, 15) is 13.6 Å². The summed E-state index contributed by atoms with van der Waals surface area (Å²) in [6, 6.07) is 3.22. The van der Waals surface area contributed by atoms with Gasteiger partial charge in [-0.05, 0) is 18.2 Å². The molecule has 2 aromatic rings. The number of carbonyl (C=O) groups is 1. The Balaban J connectivity index is 2.33. The Bertz CT molecular complexity index is 703. The lowest BCUT2D eigenvalue weighted by atomic mass is 10.1. The number of ether oxygens (including phenoxy) is 2. The van der Waals surface area contributed by atoms with Gasteiger partial charge in [-0.25, -0.2) is 8.78 Å². The number of halogens is 2. The molecule has 0 aliphatic carbocycles. The van der Waals surface area contributed by atoms with Crippen molar-refractivity contribution in [3.05, 3.63) is 47.3 Å². The zero-order valence-corrected chi connectivity index (χ0v) is 13.0. The van der Waals surface area contributed by atoms with E-state index in [0.717, 1.165) is 6.07 Å². The van der Waals surface area contributed by atoms with E-state index >= 15 is 0 Å². The van der Waals surface area contributed by atoms with Gasteiger partial charge in [0, 0.05) is 20.4 Å². The van der Waals surface area contributed by atoms with E-state index in [1.54, 1.807) is 24.0 Å². The fraction of sp³-hybridized carbons (Fsp3) is 0.333. The molecule has 0 fully saturated rings. The molecule has 1 N–H and O–H groups in total. The zero-order valence-electron chi connectivity index (χ0n) is 13.0. The van der Waals surface area contributed by atoms with Crippen LogP contribution < -0.4 is 10.1 Å². The van der Waals surface area contributed by atoms with Crippen molar-refractivity contribution < 1.29 is 23.0 Å². The molecule has 124 valence electrons. The fourth-order valence-corrected chi connectivity index (χ4v) is 2.24. The highest BCUT2D eigenvalue weighted by Crippen LogP contribution is 2.24. The van der Waals surface area contributed by atoms with Crippen LogP contribution in [0.5, 0.6) is 5.75 Å². The number of nitrogens with zero attached hydrogens (tertiary/aromatic N) is 2. The molecule has 1 aromatic carbocycles. The maximum absolute atomic E-state index is 14.0. The van der Waals surface area contributed by atoms with E-state index in [1.807, 2.05) is 0 Å². The first kappa shape index (κ1) is 16.9. The van der Waals surface area contributed by atoms with E-state index in [0.29, 0.717) is 5.69 Å². The molecule has 0 aliphatic heterocycles. The van der Waals surface area contributed by atoms with Gasteiger partial charge in [0.05, 0.1) is 25.5 Å². The summed E-state index contributed by atoms with van der Waals surface area (Å²) in [7, 11) is 4.45. The maximum atomic E-state index is 14.0. The summed E-state index contributed by atoms with van der Waals surface area (Å²) in [4.78, 5) is 12.4. The molecular weight excluding hydrogens is 308 g/mol. The van der Waals surface area contributed by atoms with Crippen LogP contribution in [0.2, 0.25) is 0 Å². The first-order valence-corrected chi connectivity index (χ1v) is 6.79. The summed E-state index contributed by atoms with van der Waals surface area (Å²) < 4.78 is 39.0. The average Bonchev–Trinajstić information content (AvgIpc) is 2.95. The molecule has 0 aliphatic rings. The number of carbonyl (C=O) groups excluding carboxylic acids is 1. The van der Waals surface area contributed by atoms with Crippen LogP contribution in [0, 0.1) is 11.6 Å². The van der Waals surface area contributed by atoms with Crippen molar-refractivity contribution in [1.82, 2.24) is 15.1 Å². The number of aromatic nitrogens is 2. The van der Waals surface area contributed by atoms with Crippen molar-refractivity contribution in [2.45, 2.75) is 6.04 Å². The van der Waals surface area contributed by atoms with Crippen molar-refractivity contribution >= 4 is 5.91 Å². The lowest BCUT2D eigenvalue weighted by Gasteiger charge is -2.19. The van der Waals surface area contributed by atoms with E-state index < -0.39 is 29.1 Å². The molecule has 23 heavy (non-hydrogen) atoms. The molecule has 6 nitrogen and oxygen atoms in total. The second kappa shape index (κ2) is 7.19. The Morgan fingerprint density at radius 1 is 1.35 bits per heavy atom. The Morgan fingerprint density at radius 3 is 2.65 bits per heavy atom. The average molecular weight is 325 g/mol. The van der Waals surface area contributed by atoms with Crippen LogP contribution in [0.1, 0.15) is 22.1 Å². The topological polar surface area (TPSA) is 65.4 Å². The van der Waals surface area contributed by atoms with Gasteiger partial charge in [-0.15, -0.1) is 0 Å². The van der Waals surface area contributed by atoms with E-state index in [2.05, 4.69) is 10.4 Å². The van der Waals surface area contributed by atoms with Crippen LogP contribution >= 0.6 is 0 Å². The summed E-state index contributed by atoms with van der Waals surface area (Å²) in [5, 5.41) is 6.63. The third kappa shape index (κ3) is 3.48. The fourth-order valence-electron chi connectivity index (χ4n) is 2.24. The molecule has 0 bridgehead atoms. The lowest BCUT2D eigenvalue weighted by molar-refractivity contribution is 0.0884. The normalized spacial score (nSPS) is 12.0. The van der Waals surface area contributed by atoms with Crippen LogP contribution in [0.25, 0.3) is 0 Å². The Morgan fingerprint density at radius 2 is 2.09 bits per heavy atom. The van der Waals surface area contributed by atoms with Gasteiger partial charge in [0.2, 0.25) is 0 Å². The Kier molecular flexibility index (Phi) is 5.28. The van der Waals surface area contributed by atoms with E-state index in [-0.39, 0.29) is 12.4 Å². The van der Waals surface area contributed by atoms with Crippen LogP contribution in [0.15, 0.2) is 24.4 Å². The molecule has 2 rings (SSSR count). The number of aryl methyl sites for hydroxylation is 1. The van der Waals surface area contributed by atoms with Crippen molar-refractivity contribution in [3.63, 3.8) is 0 Å². The summed E-state index contributed by atoms with van der Waals surface area (Å²) in [5.74, 6) is -3.24. The number of nitrogens with one attached hydrogen (secondary N) is 1. The van der Waals surface area contributed by atoms with Crippen LogP contribution in [0.3, 0.4) is 0 Å². The zero-order chi connectivity index (χ0) is 17.0. The predicted molar refractivity (Wildman–Crippen MR) is 78.2 cm³/mol. The van der Waals surface area contributed by atoms with Gasteiger partial charge in [-0.3, -0.25) is 9.48 Å². The first-order valence-electron chi connectivity index (χ1n) is 6.79. The largest absolute Gasteiger partial charge is 0.496 e. The maximum Gasteiger partial charge on any atom is 0.258 e. The highest BCUT2D eigenvalue weighted by molar-refractivity contribution is 5.97. The van der Waals surface area contributed by atoms with Crippen molar-refractivity contribution in [3.8, 4) is 5.75 Å². The van der Waals surface area contributed by atoms with Crippen LogP contribution in [-0.2, 0) is 11.8 Å². The van der Waals surface area contributed by atoms with Crippen LogP contribution in [0.4, 0.5) is 8.78 Å². The highest BCUT2D eigenvalue weighted by Gasteiger charge is 2.25. The Hall–Kier alpha value is -2.48. The standard InChI is InChI=1S/C15H17F2N3O3/c1-20-11(6-7-18-20)10(8-22-2)19-15(21)13-12(23-3)5-4-9(16)14(13)17/h4-7,10H,8H2,1-3H3,(H,19,21). The predicted octanol–water partition coefficient (Wildman–Crippen LogP) is 1.82. The molecule has 1 unspecified atom stereocenters. The van der Waals surface area contributed by atoms with Gasteiger partial charge in [-0.1, -0.05) is 0 Å². The molecule has 8 heteroatoms. The molecule has 0 spiro atoms. The number of rotatable bonds is 6. The molecule has 1 amide bonds. The second-order valence-electron chi connectivity index (χ2n) is 4.80. The SMILES string of the molecule is COCC(NC(=O)c1c(OC)ccc(F)c1F)c1ccnn1C. The number of benzene rings is 1. The molecule has 1 heterocycles. The minimum absolute atomic E-state index is 0.0532. The molecule has 1 atom stereocenters. The van der Waals surface area contributed by atoms with Gasteiger partial charge >= 0.3 is 0 Å². The van der Waals surface area contributed by atoms with Gasteiger partial charge in [0.25, 0.3) is 5.91 Å². The number of amides is 1. The summed E-state index contributed by atoms with van der Waals surface area (Å²) in [6.45, 7) is 0.143. The third-order valence-corrected chi connectivity index (χ3v) is 3.36. The summed E-state index contributed by atoms with van der Waals surface area (Å²) in [5.41, 5.74) is 0.173. The minimum atomic E-state index is -1.26. The highest BCUT2D eigenvalue weighted by atomic mass is 19.2. The van der Waals surface area contributed by atoms with Gasteiger partial charge < -0.3 is 14.8 Å². The van der Waals surface area contributed by atoms with Crippen molar-refractivity contribution in [2.24, 2.45) is 7.05 Å². The molecular formula is C15H17F2N3O3. The van der Waals surface area contributed by atoms with Gasteiger partial charge in [-0.2, -0.15) is 5.10 Å². The number of hydrogen-bond donors (Lipinski definition) is 1. The lowest BCUT2D eigenvalue weighted by Crippen LogP contribution is -2.33. The van der Waals surface area contributed by atoms with Gasteiger partial charge in [0.1, 0.15) is 11.3 Å². The quantitative estimate of drug-likeness (QED) is 0.880. The third-order valence-electron chi connectivity index (χ3n) is 3.36. The smallest absolute Gasteiger partial charge is 0.258 e. The van der Waals surface area contributed by atoms with E-state index in [1.165, 1.54) is 20.3 Å². The van der Waals surface area contributed by atoms with E-state index in [4.69, 9.17) is 9.47 Å². The molecule has 0 saturated carbocycles. The monoisotopic (exact) mass is 325 g/mol.